The zero-order valence-corrected chi connectivity index (χ0v) is 20.7. The van der Waals surface area contributed by atoms with Crippen molar-refractivity contribution in [1.82, 2.24) is 0 Å². The Balaban J connectivity index is 1.57. The average molecular weight is 516 g/mol. The molecule has 0 atom stereocenters. The van der Waals surface area contributed by atoms with Crippen LogP contribution in [0.3, 0.4) is 0 Å². The van der Waals surface area contributed by atoms with E-state index in [1.54, 1.807) is 60.7 Å². The van der Waals surface area contributed by atoms with Gasteiger partial charge in [-0.25, -0.2) is 18.0 Å². The van der Waals surface area contributed by atoms with E-state index in [2.05, 4.69) is 26.0 Å². The highest BCUT2D eigenvalue weighted by atomic mass is 32.2. The number of amides is 4. The number of rotatable bonds is 7. The molecule has 188 valence electrons. The Morgan fingerprint density at radius 1 is 0.568 bits per heavy atom. The van der Waals surface area contributed by atoms with Crippen molar-refractivity contribution < 1.29 is 18.0 Å². The first kappa shape index (κ1) is 25.3. The van der Waals surface area contributed by atoms with Gasteiger partial charge in [0.25, 0.3) is 10.0 Å². The highest BCUT2D eigenvalue weighted by Crippen LogP contribution is 2.28. The Morgan fingerprint density at radius 2 is 1.08 bits per heavy atom. The fourth-order valence-electron chi connectivity index (χ4n) is 3.36. The molecule has 0 aliphatic heterocycles. The zero-order valence-electron chi connectivity index (χ0n) is 19.9. The fraction of sp³-hybridized carbons (Fsp3) is 0.0370. The Morgan fingerprint density at radius 3 is 1.62 bits per heavy atom. The Labute approximate surface area is 215 Å². The maximum Gasteiger partial charge on any atom is 0.323 e. The first-order chi connectivity index (χ1) is 17.8. The van der Waals surface area contributed by atoms with Crippen molar-refractivity contribution in [3.05, 3.63) is 109 Å². The van der Waals surface area contributed by atoms with E-state index in [1.807, 2.05) is 19.1 Å². The molecule has 5 N–H and O–H groups in total. The second-order valence-electron chi connectivity index (χ2n) is 8.07. The number of anilines is 5. The lowest BCUT2D eigenvalue weighted by molar-refractivity contribution is 0.261. The maximum absolute atomic E-state index is 12.9. The Bertz CT molecular complexity index is 1490. The molecule has 0 aliphatic carbocycles. The Hall–Kier alpha value is -4.83. The summed E-state index contributed by atoms with van der Waals surface area (Å²) in [6.45, 7) is 1.86. The van der Waals surface area contributed by atoms with Gasteiger partial charge in [-0.05, 0) is 61.5 Å². The third-order valence-electron chi connectivity index (χ3n) is 5.16. The topological polar surface area (TPSA) is 128 Å². The van der Waals surface area contributed by atoms with E-state index in [9.17, 15) is 18.0 Å². The molecular weight excluding hydrogens is 490 g/mol. The molecule has 4 rings (SSSR count). The molecule has 9 nitrogen and oxygen atoms in total. The standard InChI is InChI=1S/C27H25N5O4S/c1-19-12-15-23(16-13-19)37(35,36)32-22-14-17-24(30-26(33)28-20-8-4-2-5-9-20)25(18-22)31-27(34)29-21-10-6-3-7-11-21/h2-18,32H,1H3,(H2,28,30,33)(H2,29,31,34). The van der Waals surface area contributed by atoms with Crippen LogP contribution in [0.25, 0.3) is 0 Å². The number of benzene rings is 4. The summed E-state index contributed by atoms with van der Waals surface area (Å²) < 4.78 is 28.2. The van der Waals surface area contributed by atoms with E-state index >= 15 is 0 Å². The monoisotopic (exact) mass is 515 g/mol. The van der Waals surface area contributed by atoms with Gasteiger partial charge in [0, 0.05) is 11.4 Å². The number of hydrogen-bond acceptors (Lipinski definition) is 4. The molecule has 0 unspecified atom stereocenters. The third kappa shape index (κ3) is 7.09. The molecule has 0 spiro atoms. The minimum absolute atomic E-state index is 0.0962. The molecule has 0 radical (unpaired) electrons. The summed E-state index contributed by atoms with van der Waals surface area (Å²) in [6, 6.07) is 27.4. The first-order valence-corrected chi connectivity index (χ1v) is 12.8. The van der Waals surface area contributed by atoms with Crippen molar-refractivity contribution in [3.8, 4) is 0 Å². The molecule has 0 heterocycles. The van der Waals surface area contributed by atoms with Crippen LogP contribution in [0.5, 0.6) is 0 Å². The number of para-hydroxylation sites is 2. The molecule has 4 aromatic rings. The van der Waals surface area contributed by atoms with Crippen LogP contribution in [0.15, 0.2) is 108 Å². The fourth-order valence-corrected chi connectivity index (χ4v) is 4.41. The van der Waals surface area contributed by atoms with Crippen LogP contribution in [-0.2, 0) is 10.0 Å². The summed E-state index contributed by atoms with van der Waals surface area (Å²) in [4.78, 5) is 25.3. The van der Waals surface area contributed by atoms with Crippen molar-refractivity contribution >= 4 is 50.5 Å². The second-order valence-corrected chi connectivity index (χ2v) is 9.75. The number of urea groups is 2. The molecule has 0 fully saturated rings. The molecule has 0 saturated heterocycles. The van der Waals surface area contributed by atoms with Crippen LogP contribution in [0.4, 0.5) is 38.0 Å². The van der Waals surface area contributed by atoms with Crippen molar-refractivity contribution in [1.29, 1.82) is 0 Å². The lowest BCUT2D eigenvalue weighted by atomic mass is 10.2. The number of aryl methyl sites for hydroxylation is 1. The molecule has 0 aromatic heterocycles. The summed E-state index contributed by atoms with van der Waals surface area (Å²) >= 11 is 0. The van der Waals surface area contributed by atoms with Crippen LogP contribution in [-0.4, -0.2) is 20.5 Å². The molecular formula is C27H25N5O4S. The van der Waals surface area contributed by atoms with Crippen molar-refractivity contribution in [2.45, 2.75) is 11.8 Å². The minimum Gasteiger partial charge on any atom is -0.308 e. The van der Waals surface area contributed by atoms with Crippen LogP contribution in [0, 0.1) is 6.92 Å². The van der Waals surface area contributed by atoms with Crippen LogP contribution in [0.1, 0.15) is 5.56 Å². The van der Waals surface area contributed by atoms with Gasteiger partial charge in [0.1, 0.15) is 0 Å². The van der Waals surface area contributed by atoms with Gasteiger partial charge >= 0.3 is 12.1 Å². The van der Waals surface area contributed by atoms with Gasteiger partial charge in [-0.3, -0.25) is 4.72 Å². The summed E-state index contributed by atoms with van der Waals surface area (Å²) in [6.07, 6.45) is 0. The van der Waals surface area contributed by atoms with E-state index in [-0.39, 0.29) is 22.0 Å². The van der Waals surface area contributed by atoms with Gasteiger partial charge in [0.2, 0.25) is 0 Å². The molecule has 0 aliphatic rings. The second kappa shape index (κ2) is 11.3. The summed E-state index contributed by atoms with van der Waals surface area (Å²) in [5.74, 6) is 0. The van der Waals surface area contributed by atoms with Gasteiger partial charge in [0.15, 0.2) is 0 Å². The van der Waals surface area contributed by atoms with Crippen molar-refractivity contribution in [2.24, 2.45) is 0 Å². The van der Waals surface area contributed by atoms with E-state index in [0.29, 0.717) is 11.4 Å². The Kier molecular flexibility index (Phi) is 7.70. The van der Waals surface area contributed by atoms with Crippen LogP contribution < -0.4 is 26.0 Å². The number of carbonyl (C=O) groups excluding carboxylic acids is 2. The van der Waals surface area contributed by atoms with Crippen molar-refractivity contribution in [2.75, 3.05) is 26.0 Å². The van der Waals surface area contributed by atoms with E-state index < -0.39 is 22.1 Å². The zero-order chi connectivity index (χ0) is 26.3. The lowest BCUT2D eigenvalue weighted by Gasteiger charge is -2.16. The summed E-state index contributed by atoms with van der Waals surface area (Å²) in [5.41, 5.74) is 2.71. The van der Waals surface area contributed by atoms with E-state index in [4.69, 9.17) is 0 Å². The van der Waals surface area contributed by atoms with Gasteiger partial charge in [-0.1, -0.05) is 54.1 Å². The summed E-state index contributed by atoms with van der Waals surface area (Å²) in [5, 5.41) is 10.8. The van der Waals surface area contributed by atoms with Crippen LogP contribution >= 0.6 is 0 Å². The SMILES string of the molecule is Cc1ccc(S(=O)(=O)Nc2ccc(NC(=O)Nc3ccccc3)c(NC(=O)Nc3ccccc3)c2)cc1. The number of carbonyl (C=O) groups is 2. The quantitative estimate of drug-likeness (QED) is 0.204. The minimum atomic E-state index is -3.88. The predicted molar refractivity (Wildman–Crippen MR) is 147 cm³/mol. The van der Waals surface area contributed by atoms with E-state index in [0.717, 1.165) is 5.56 Å². The van der Waals surface area contributed by atoms with Gasteiger partial charge in [-0.2, -0.15) is 0 Å². The number of hydrogen-bond donors (Lipinski definition) is 5. The van der Waals surface area contributed by atoms with Gasteiger partial charge in [-0.15, -0.1) is 0 Å². The normalized spacial score (nSPS) is 10.7. The summed E-state index contributed by atoms with van der Waals surface area (Å²) in [7, 11) is -3.88. The van der Waals surface area contributed by atoms with Crippen LogP contribution in [0.2, 0.25) is 0 Å². The van der Waals surface area contributed by atoms with Gasteiger partial charge < -0.3 is 21.3 Å². The lowest BCUT2D eigenvalue weighted by Crippen LogP contribution is -2.23. The average Bonchev–Trinajstić information content (AvgIpc) is 2.87. The molecule has 10 heteroatoms. The van der Waals surface area contributed by atoms with E-state index in [1.165, 1.54) is 30.3 Å². The smallest absolute Gasteiger partial charge is 0.308 e. The van der Waals surface area contributed by atoms with Gasteiger partial charge in [0.05, 0.1) is 22.0 Å². The first-order valence-electron chi connectivity index (χ1n) is 11.3. The third-order valence-corrected chi connectivity index (χ3v) is 6.56. The molecule has 0 saturated carbocycles. The largest absolute Gasteiger partial charge is 0.323 e. The maximum atomic E-state index is 12.9. The highest BCUT2D eigenvalue weighted by Gasteiger charge is 2.17. The molecule has 37 heavy (non-hydrogen) atoms. The predicted octanol–water partition coefficient (Wildman–Crippen LogP) is 6.08. The molecule has 4 aromatic carbocycles. The van der Waals surface area contributed by atoms with Crippen molar-refractivity contribution in [3.63, 3.8) is 0 Å². The highest BCUT2D eigenvalue weighted by molar-refractivity contribution is 7.92. The number of sulfonamides is 1. The molecule has 4 amide bonds. The molecule has 0 bridgehead atoms. The number of nitrogens with one attached hydrogen (secondary N) is 5.